The number of aliphatic hydroxyl groups is 1. The SMILES string of the molecule is CC(C)OC(=O)[C@H](CCC(=O)C=N)NC(=O)[C@@H](O)Cc1cn(C)c2cccnc12. The molecule has 29 heavy (non-hydrogen) atoms. The van der Waals surface area contributed by atoms with Gasteiger partial charge in [0.1, 0.15) is 12.1 Å². The van der Waals surface area contributed by atoms with Gasteiger partial charge in [0.15, 0.2) is 5.78 Å². The van der Waals surface area contributed by atoms with Crippen LogP contribution in [0.15, 0.2) is 24.5 Å². The Labute approximate surface area is 168 Å². The van der Waals surface area contributed by atoms with Crippen LogP contribution in [-0.4, -0.2) is 56.8 Å². The van der Waals surface area contributed by atoms with E-state index in [1.165, 1.54) is 0 Å². The fourth-order valence-electron chi connectivity index (χ4n) is 2.93. The summed E-state index contributed by atoms with van der Waals surface area (Å²) in [6, 6.07) is 2.60. The van der Waals surface area contributed by atoms with Crippen LogP contribution in [0.3, 0.4) is 0 Å². The second-order valence-electron chi connectivity index (χ2n) is 7.05. The van der Waals surface area contributed by atoms with E-state index in [4.69, 9.17) is 10.1 Å². The van der Waals surface area contributed by atoms with Crippen LogP contribution in [0.5, 0.6) is 0 Å². The third kappa shape index (κ3) is 5.95. The van der Waals surface area contributed by atoms with Gasteiger partial charge in [0.25, 0.3) is 0 Å². The number of ketones is 1. The number of aryl methyl sites for hydroxylation is 1. The van der Waals surface area contributed by atoms with Crippen molar-refractivity contribution < 1.29 is 24.2 Å². The van der Waals surface area contributed by atoms with Crippen LogP contribution >= 0.6 is 0 Å². The number of pyridine rings is 1. The van der Waals surface area contributed by atoms with E-state index in [-0.39, 0.29) is 19.3 Å². The van der Waals surface area contributed by atoms with Crippen molar-refractivity contribution in [1.82, 2.24) is 14.9 Å². The van der Waals surface area contributed by atoms with E-state index in [1.54, 1.807) is 32.3 Å². The fourth-order valence-corrected chi connectivity index (χ4v) is 2.93. The number of hydrogen-bond acceptors (Lipinski definition) is 7. The molecule has 2 atom stereocenters. The highest BCUT2D eigenvalue weighted by atomic mass is 16.5. The molecular weight excluding hydrogens is 376 g/mol. The largest absolute Gasteiger partial charge is 0.461 e. The predicted octanol–water partition coefficient (Wildman–Crippen LogP) is 0.912. The van der Waals surface area contributed by atoms with E-state index in [1.807, 2.05) is 17.7 Å². The first-order valence-electron chi connectivity index (χ1n) is 9.34. The van der Waals surface area contributed by atoms with Crippen molar-refractivity contribution >= 4 is 34.9 Å². The first-order chi connectivity index (χ1) is 13.7. The Bertz CT molecular complexity index is 905. The number of hydrogen-bond donors (Lipinski definition) is 3. The van der Waals surface area contributed by atoms with Crippen LogP contribution in [0.1, 0.15) is 32.3 Å². The van der Waals surface area contributed by atoms with E-state index in [2.05, 4.69) is 10.3 Å². The Hall–Kier alpha value is -3.07. The Morgan fingerprint density at radius 3 is 2.76 bits per heavy atom. The lowest BCUT2D eigenvalue weighted by molar-refractivity contribution is -0.152. The van der Waals surface area contributed by atoms with E-state index in [9.17, 15) is 19.5 Å². The normalized spacial score (nSPS) is 13.1. The Morgan fingerprint density at radius 1 is 1.38 bits per heavy atom. The predicted molar refractivity (Wildman–Crippen MR) is 107 cm³/mol. The molecule has 0 saturated carbocycles. The molecule has 0 radical (unpaired) electrons. The average Bonchev–Trinajstić information content (AvgIpc) is 2.99. The molecule has 2 aromatic rings. The van der Waals surface area contributed by atoms with Gasteiger partial charge in [-0.05, 0) is 38.0 Å². The minimum atomic E-state index is -1.41. The molecule has 0 bridgehead atoms. The molecule has 156 valence electrons. The summed E-state index contributed by atoms with van der Waals surface area (Å²) in [7, 11) is 1.85. The number of Topliss-reactive ketones (excluding diaryl/α,β-unsaturated/α-hetero) is 1. The number of esters is 1. The molecule has 2 rings (SSSR count). The quantitative estimate of drug-likeness (QED) is 0.399. The maximum atomic E-state index is 12.5. The summed E-state index contributed by atoms with van der Waals surface area (Å²) in [6.07, 6.45) is 2.19. The van der Waals surface area contributed by atoms with Crippen molar-refractivity contribution in [2.75, 3.05) is 0 Å². The van der Waals surface area contributed by atoms with E-state index in [0.29, 0.717) is 17.3 Å². The summed E-state index contributed by atoms with van der Waals surface area (Å²) >= 11 is 0. The van der Waals surface area contributed by atoms with Crippen LogP contribution in [0, 0.1) is 5.41 Å². The molecule has 0 aliphatic heterocycles. The molecule has 2 aromatic heterocycles. The van der Waals surface area contributed by atoms with Crippen molar-refractivity contribution in [3.8, 4) is 0 Å². The number of ether oxygens (including phenoxy) is 1. The minimum absolute atomic E-state index is 0.0194. The number of nitrogens with one attached hydrogen (secondary N) is 2. The number of amides is 1. The van der Waals surface area contributed by atoms with E-state index >= 15 is 0 Å². The summed E-state index contributed by atoms with van der Waals surface area (Å²) in [4.78, 5) is 40.4. The van der Waals surface area contributed by atoms with Gasteiger partial charge in [0, 0.05) is 32.3 Å². The molecule has 0 fully saturated rings. The Balaban J connectivity index is 2.08. The van der Waals surface area contributed by atoms with Gasteiger partial charge in [-0.2, -0.15) is 0 Å². The van der Waals surface area contributed by atoms with Crippen molar-refractivity contribution in [3.63, 3.8) is 0 Å². The van der Waals surface area contributed by atoms with Crippen molar-refractivity contribution in [3.05, 3.63) is 30.1 Å². The molecule has 0 aliphatic rings. The van der Waals surface area contributed by atoms with Gasteiger partial charge in [0.05, 0.1) is 23.4 Å². The number of aromatic nitrogens is 2. The standard InChI is InChI=1S/C20H26N4O5/c1-12(2)29-20(28)15(7-6-14(25)10-21)23-19(27)17(26)9-13-11-24(3)16-5-4-8-22-18(13)16/h4-5,8,10-12,15,17,21,26H,6-7,9H2,1-3H3,(H,23,27)/t15-,17-/m0/s1. The zero-order valence-corrected chi connectivity index (χ0v) is 16.7. The Kier molecular flexibility index (Phi) is 7.60. The van der Waals surface area contributed by atoms with Gasteiger partial charge in [-0.15, -0.1) is 0 Å². The van der Waals surface area contributed by atoms with Gasteiger partial charge in [-0.25, -0.2) is 4.79 Å². The van der Waals surface area contributed by atoms with Crippen molar-refractivity contribution in [1.29, 1.82) is 5.41 Å². The number of aliphatic hydroxyl groups excluding tert-OH is 1. The molecule has 3 N–H and O–H groups in total. The lowest BCUT2D eigenvalue weighted by Gasteiger charge is -2.20. The van der Waals surface area contributed by atoms with E-state index in [0.717, 1.165) is 5.52 Å². The number of carbonyl (C=O) groups is 3. The van der Waals surface area contributed by atoms with Crippen LogP contribution in [0.2, 0.25) is 0 Å². The molecule has 2 heterocycles. The summed E-state index contributed by atoms with van der Waals surface area (Å²) in [5.74, 6) is -1.90. The summed E-state index contributed by atoms with van der Waals surface area (Å²) in [5.41, 5.74) is 2.26. The van der Waals surface area contributed by atoms with Gasteiger partial charge in [-0.1, -0.05) is 0 Å². The van der Waals surface area contributed by atoms with Crippen LogP contribution in [-0.2, 0) is 32.6 Å². The highest BCUT2D eigenvalue weighted by molar-refractivity contribution is 6.26. The highest BCUT2D eigenvalue weighted by Gasteiger charge is 2.27. The van der Waals surface area contributed by atoms with Crippen LogP contribution in [0.4, 0.5) is 0 Å². The number of nitrogens with zero attached hydrogens (tertiary/aromatic N) is 2. The minimum Gasteiger partial charge on any atom is -0.461 e. The number of carbonyl (C=O) groups excluding carboxylic acids is 3. The second-order valence-corrected chi connectivity index (χ2v) is 7.05. The molecule has 0 saturated heterocycles. The van der Waals surface area contributed by atoms with Gasteiger partial charge < -0.3 is 25.1 Å². The number of fused-ring (bicyclic) bond motifs is 1. The molecular formula is C20H26N4O5. The maximum absolute atomic E-state index is 12.5. The topological polar surface area (TPSA) is 134 Å². The van der Waals surface area contributed by atoms with Gasteiger partial charge in [0.2, 0.25) is 5.91 Å². The van der Waals surface area contributed by atoms with Gasteiger partial charge in [-0.3, -0.25) is 14.6 Å². The third-order valence-corrected chi connectivity index (χ3v) is 4.33. The van der Waals surface area contributed by atoms with Gasteiger partial charge >= 0.3 is 5.97 Å². The van der Waals surface area contributed by atoms with Crippen molar-refractivity contribution in [2.45, 2.75) is 51.4 Å². The molecule has 0 spiro atoms. The molecule has 0 aliphatic carbocycles. The second kappa shape index (κ2) is 9.92. The summed E-state index contributed by atoms with van der Waals surface area (Å²) in [6.45, 7) is 3.34. The first-order valence-corrected chi connectivity index (χ1v) is 9.34. The lowest BCUT2D eigenvalue weighted by Crippen LogP contribution is -2.47. The third-order valence-electron chi connectivity index (χ3n) is 4.33. The van der Waals surface area contributed by atoms with Crippen LogP contribution in [0.25, 0.3) is 11.0 Å². The molecule has 0 aromatic carbocycles. The molecule has 9 heteroatoms. The summed E-state index contributed by atoms with van der Waals surface area (Å²) in [5, 5.41) is 19.8. The monoisotopic (exact) mass is 402 g/mol. The number of rotatable bonds is 10. The van der Waals surface area contributed by atoms with E-state index < -0.39 is 35.9 Å². The average molecular weight is 402 g/mol. The first kappa shape index (κ1) is 22.2. The van der Waals surface area contributed by atoms with Crippen molar-refractivity contribution in [2.24, 2.45) is 7.05 Å². The Morgan fingerprint density at radius 2 is 2.10 bits per heavy atom. The molecule has 9 nitrogen and oxygen atoms in total. The zero-order chi connectivity index (χ0) is 21.6. The smallest absolute Gasteiger partial charge is 0.328 e. The molecule has 1 amide bonds. The molecule has 0 unspecified atom stereocenters. The maximum Gasteiger partial charge on any atom is 0.328 e. The zero-order valence-electron chi connectivity index (χ0n) is 16.7. The summed E-state index contributed by atoms with van der Waals surface area (Å²) < 4.78 is 6.98. The van der Waals surface area contributed by atoms with Crippen LogP contribution < -0.4 is 5.32 Å². The fraction of sp³-hybridized carbons (Fsp3) is 0.450. The lowest BCUT2D eigenvalue weighted by atomic mass is 10.1. The highest BCUT2D eigenvalue weighted by Crippen LogP contribution is 2.19.